The van der Waals surface area contributed by atoms with Gasteiger partial charge in [0.25, 0.3) is 0 Å². The number of rotatable bonds is 7. The molecule has 1 aliphatic rings. The summed E-state index contributed by atoms with van der Waals surface area (Å²) < 4.78 is 7.22. The number of carboxylic acid groups (broad SMARTS) is 1. The zero-order chi connectivity index (χ0) is 25.1. The van der Waals surface area contributed by atoms with Crippen molar-refractivity contribution in [1.82, 2.24) is 19.9 Å². The Kier molecular flexibility index (Phi) is 6.99. The van der Waals surface area contributed by atoms with Crippen LogP contribution in [0.3, 0.4) is 0 Å². The van der Waals surface area contributed by atoms with Crippen LogP contribution in [0.2, 0.25) is 0 Å². The fourth-order valence-corrected chi connectivity index (χ4v) is 5.20. The van der Waals surface area contributed by atoms with Gasteiger partial charge in [0, 0.05) is 24.7 Å². The maximum Gasteiger partial charge on any atom is 0.407 e. The van der Waals surface area contributed by atoms with Crippen LogP contribution in [0.1, 0.15) is 37.2 Å². The third-order valence-corrected chi connectivity index (χ3v) is 7.35. The number of hydrogen-bond donors (Lipinski definition) is 2. The van der Waals surface area contributed by atoms with E-state index in [0.29, 0.717) is 31.4 Å². The van der Waals surface area contributed by atoms with Gasteiger partial charge in [0.2, 0.25) is 0 Å². The Morgan fingerprint density at radius 3 is 2.83 bits per heavy atom. The Balaban J connectivity index is 1.24. The van der Waals surface area contributed by atoms with Crippen LogP contribution in [-0.2, 0) is 0 Å². The van der Waals surface area contributed by atoms with Gasteiger partial charge in [0.05, 0.1) is 34.1 Å². The van der Waals surface area contributed by atoms with Crippen molar-refractivity contribution in [3.05, 3.63) is 65.4 Å². The standard InChI is InChI=1S/C27H29N5O3S/c1-17(20-4-3-5-22(12-20)35-15-19-8-10-32(11-9-19)27(33)34)29-26-14-24(30-18(2)31-26)21-6-7-23-25(13-21)36-16-28-23/h3-7,12-14,16-17,19H,8-11,15H2,1-2H3,(H,33,34)(H,29,30,31). The van der Waals surface area contributed by atoms with Crippen LogP contribution in [0.4, 0.5) is 10.6 Å². The van der Waals surface area contributed by atoms with Gasteiger partial charge >= 0.3 is 6.09 Å². The Labute approximate surface area is 214 Å². The molecule has 1 unspecified atom stereocenters. The predicted octanol–water partition coefficient (Wildman–Crippen LogP) is 6.00. The first-order valence-electron chi connectivity index (χ1n) is 12.1. The molecule has 5 rings (SSSR count). The average Bonchev–Trinajstić information content (AvgIpc) is 3.35. The summed E-state index contributed by atoms with van der Waals surface area (Å²) in [6.07, 6.45) is 0.820. The second-order valence-corrected chi connectivity index (χ2v) is 10.1. The number of thiazole rings is 1. The zero-order valence-corrected chi connectivity index (χ0v) is 21.2. The summed E-state index contributed by atoms with van der Waals surface area (Å²) in [5.41, 5.74) is 5.86. The summed E-state index contributed by atoms with van der Waals surface area (Å²) in [6.45, 7) is 5.74. The molecule has 186 valence electrons. The Morgan fingerprint density at radius 2 is 2.03 bits per heavy atom. The van der Waals surface area contributed by atoms with E-state index in [-0.39, 0.29) is 6.04 Å². The van der Waals surface area contributed by atoms with Crippen LogP contribution in [-0.4, -0.2) is 50.7 Å². The van der Waals surface area contributed by atoms with Crippen molar-refractivity contribution in [2.24, 2.45) is 5.92 Å². The number of hydrogen-bond acceptors (Lipinski definition) is 7. The topological polar surface area (TPSA) is 100 Å². The number of amides is 1. The number of anilines is 1. The quantitative estimate of drug-likeness (QED) is 0.319. The number of aromatic nitrogens is 3. The average molecular weight is 504 g/mol. The van der Waals surface area contributed by atoms with Crippen LogP contribution in [0.5, 0.6) is 5.75 Å². The van der Waals surface area contributed by atoms with Crippen molar-refractivity contribution < 1.29 is 14.6 Å². The number of fused-ring (bicyclic) bond motifs is 1. The van der Waals surface area contributed by atoms with E-state index < -0.39 is 6.09 Å². The molecule has 0 bridgehead atoms. The summed E-state index contributed by atoms with van der Waals surface area (Å²) >= 11 is 1.62. The van der Waals surface area contributed by atoms with Crippen molar-refractivity contribution >= 4 is 33.5 Å². The smallest absolute Gasteiger partial charge is 0.407 e. The van der Waals surface area contributed by atoms with Crippen LogP contribution in [0.25, 0.3) is 21.5 Å². The third-order valence-electron chi connectivity index (χ3n) is 6.56. The Hall–Kier alpha value is -3.72. The molecular weight excluding hydrogens is 474 g/mol. The molecular formula is C27H29N5O3S. The van der Waals surface area contributed by atoms with Crippen LogP contribution in [0, 0.1) is 12.8 Å². The molecule has 4 aromatic rings. The van der Waals surface area contributed by atoms with E-state index in [2.05, 4.69) is 45.4 Å². The minimum atomic E-state index is -0.838. The van der Waals surface area contributed by atoms with Crippen molar-refractivity contribution in [2.75, 3.05) is 25.0 Å². The van der Waals surface area contributed by atoms with Gasteiger partial charge in [-0.3, -0.25) is 0 Å². The summed E-state index contributed by atoms with van der Waals surface area (Å²) in [7, 11) is 0. The number of carbonyl (C=O) groups is 1. The van der Waals surface area contributed by atoms with Crippen molar-refractivity contribution in [2.45, 2.75) is 32.7 Å². The summed E-state index contributed by atoms with van der Waals surface area (Å²) in [6, 6.07) is 16.3. The third kappa shape index (κ3) is 5.57. The van der Waals surface area contributed by atoms with Crippen molar-refractivity contribution in [1.29, 1.82) is 0 Å². The lowest BCUT2D eigenvalue weighted by atomic mass is 9.98. The molecule has 0 radical (unpaired) electrons. The van der Waals surface area contributed by atoms with Gasteiger partial charge in [0.1, 0.15) is 17.4 Å². The first-order valence-corrected chi connectivity index (χ1v) is 13.0. The van der Waals surface area contributed by atoms with Gasteiger partial charge in [-0.1, -0.05) is 18.2 Å². The number of nitrogens with one attached hydrogen (secondary N) is 1. The number of piperidine rings is 1. The SMILES string of the molecule is Cc1nc(NC(C)c2cccc(OCC3CCN(C(=O)O)CC3)c2)cc(-c2ccc3ncsc3c2)n1. The largest absolute Gasteiger partial charge is 0.493 e. The highest BCUT2D eigenvalue weighted by Gasteiger charge is 2.22. The molecule has 2 aromatic heterocycles. The predicted molar refractivity (Wildman–Crippen MR) is 142 cm³/mol. The molecule has 1 saturated heterocycles. The summed E-state index contributed by atoms with van der Waals surface area (Å²) in [5.74, 6) is 2.66. The first-order chi connectivity index (χ1) is 17.4. The molecule has 36 heavy (non-hydrogen) atoms. The first kappa shape index (κ1) is 24.0. The summed E-state index contributed by atoms with van der Waals surface area (Å²) in [4.78, 5) is 26.2. The monoisotopic (exact) mass is 503 g/mol. The van der Waals surface area contributed by atoms with E-state index in [0.717, 1.165) is 51.4 Å². The van der Waals surface area contributed by atoms with Crippen molar-refractivity contribution in [3.63, 3.8) is 0 Å². The molecule has 2 N–H and O–H groups in total. The Morgan fingerprint density at radius 1 is 1.19 bits per heavy atom. The maximum atomic E-state index is 11.1. The lowest BCUT2D eigenvalue weighted by Crippen LogP contribution is -2.38. The van der Waals surface area contributed by atoms with Crippen LogP contribution >= 0.6 is 11.3 Å². The molecule has 0 spiro atoms. The highest BCUT2D eigenvalue weighted by Crippen LogP contribution is 2.28. The number of nitrogens with zero attached hydrogens (tertiary/aromatic N) is 4. The normalized spacial score (nSPS) is 15.1. The molecule has 1 amide bonds. The maximum absolute atomic E-state index is 11.1. The molecule has 0 saturated carbocycles. The van der Waals surface area contributed by atoms with Gasteiger partial charge < -0.3 is 20.1 Å². The van der Waals surface area contributed by atoms with E-state index in [9.17, 15) is 4.79 Å². The van der Waals surface area contributed by atoms with Gasteiger partial charge in [-0.05, 0) is 62.4 Å². The van der Waals surface area contributed by atoms with Crippen molar-refractivity contribution in [3.8, 4) is 17.0 Å². The number of benzene rings is 2. The van der Waals surface area contributed by atoms with E-state index in [1.807, 2.05) is 42.8 Å². The fraction of sp³-hybridized carbons (Fsp3) is 0.333. The highest BCUT2D eigenvalue weighted by molar-refractivity contribution is 7.16. The Bertz CT molecular complexity index is 1370. The molecule has 8 nitrogen and oxygen atoms in total. The van der Waals surface area contributed by atoms with Gasteiger partial charge in [-0.2, -0.15) is 0 Å². The molecule has 1 atom stereocenters. The molecule has 3 heterocycles. The van der Waals surface area contributed by atoms with Gasteiger partial charge in [-0.25, -0.2) is 19.7 Å². The molecule has 0 aliphatic carbocycles. The van der Waals surface area contributed by atoms with E-state index in [1.165, 1.54) is 4.90 Å². The minimum Gasteiger partial charge on any atom is -0.493 e. The number of likely N-dealkylation sites (tertiary alicyclic amines) is 1. The summed E-state index contributed by atoms with van der Waals surface area (Å²) in [5, 5.41) is 12.6. The van der Waals surface area contributed by atoms with E-state index in [4.69, 9.17) is 9.84 Å². The van der Waals surface area contributed by atoms with Gasteiger partial charge in [-0.15, -0.1) is 11.3 Å². The number of ether oxygens (including phenoxy) is 1. The molecule has 2 aromatic carbocycles. The lowest BCUT2D eigenvalue weighted by molar-refractivity contribution is 0.111. The number of aryl methyl sites for hydroxylation is 1. The second kappa shape index (κ2) is 10.5. The fourth-order valence-electron chi connectivity index (χ4n) is 4.49. The molecule has 9 heteroatoms. The zero-order valence-electron chi connectivity index (χ0n) is 20.3. The van der Waals surface area contributed by atoms with Gasteiger partial charge in [0.15, 0.2) is 0 Å². The van der Waals surface area contributed by atoms with Crippen LogP contribution < -0.4 is 10.1 Å². The molecule has 1 fully saturated rings. The van der Waals surface area contributed by atoms with Crippen LogP contribution in [0.15, 0.2) is 54.0 Å². The second-order valence-electron chi connectivity index (χ2n) is 9.18. The van der Waals surface area contributed by atoms with E-state index in [1.54, 1.807) is 11.3 Å². The molecule has 1 aliphatic heterocycles. The highest BCUT2D eigenvalue weighted by atomic mass is 32.1. The minimum absolute atomic E-state index is 0.0125. The van der Waals surface area contributed by atoms with E-state index >= 15 is 0 Å². The lowest BCUT2D eigenvalue weighted by Gasteiger charge is -2.29.